The van der Waals surface area contributed by atoms with Gasteiger partial charge in [-0.2, -0.15) is 18.4 Å². The molecule has 0 unspecified atom stereocenters. The molecule has 0 bridgehead atoms. The van der Waals surface area contributed by atoms with Crippen molar-refractivity contribution in [2.24, 2.45) is 0 Å². The number of halogens is 3. The van der Waals surface area contributed by atoms with Crippen molar-refractivity contribution >= 4 is 17.7 Å². The molecule has 2 rings (SSSR count). The molecule has 1 fully saturated rings. The van der Waals surface area contributed by atoms with Crippen LogP contribution in [0.1, 0.15) is 30.9 Å². The van der Waals surface area contributed by atoms with Crippen molar-refractivity contribution in [3.8, 4) is 6.07 Å². The summed E-state index contributed by atoms with van der Waals surface area (Å²) in [6, 6.07) is 2.58. The van der Waals surface area contributed by atoms with E-state index >= 15 is 0 Å². The van der Waals surface area contributed by atoms with E-state index in [9.17, 15) is 22.8 Å². The van der Waals surface area contributed by atoms with Crippen LogP contribution in [0.25, 0.3) is 0 Å². The molecule has 1 aromatic carbocycles. The summed E-state index contributed by atoms with van der Waals surface area (Å²) in [5.74, 6) is -0.690. The minimum absolute atomic E-state index is 0.0643. The van der Waals surface area contributed by atoms with Gasteiger partial charge in [-0.3, -0.25) is 4.90 Å². The van der Waals surface area contributed by atoms with Crippen LogP contribution in [0.5, 0.6) is 0 Å². The minimum Gasteiger partial charge on any atom is -0.464 e. The highest BCUT2D eigenvalue weighted by Gasteiger charge is 2.40. The predicted octanol–water partition coefficient (Wildman–Crippen LogP) is 2.82. The van der Waals surface area contributed by atoms with Gasteiger partial charge in [-0.25, -0.2) is 9.59 Å². The monoisotopic (exact) mass is 355 g/mol. The molecule has 134 valence electrons. The van der Waals surface area contributed by atoms with Gasteiger partial charge in [0.15, 0.2) is 6.04 Å². The number of hydrogen-bond acceptors (Lipinski definition) is 4. The maximum Gasteiger partial charge on any atom is 0.417 e. The highest BCUT2D eigenvalue weighted by atomic mass is 19.4. The lowest BCUT2D eigenvalue weighted by Gasteiger charge is -2.23. The smallest absolute Gasteiger partial charge is 0.417 e. The van der Waals surface area contributed by atoms with E-state index in [1.165, 1.54) is 12.1 Å². The summed E-state index contributed by atoms with van der Waals surface area (Å²) in [5, 5.41) is 11.2. The van der Waals surface area contributed by atoms with Crippen molar-refractivity contribution in [3.63, 3.8) is 0 Å². The Bertz CT molecular complexity index is 713. The fourth-order valence-electron chi connectivity index (χ4n) is 2.42. The standard InChI is InChI=1S/C16H16F3N3O3/c1-2-3-6-25-14(23)13-9-21-15(24)22(13)11-5-4-10(8-20)12(7-11)16(17,18)19/h4-5,7,13H,2-3,6,9H2,1H3,(H,21,24)/t13-/m1/s1. The summed E-state index contributed by atoms with van der Waals surface area (Å²) in [5.41, 5.74) is -1.85. The van der Waals surface area contributed by atoms with Crippen molar-refractivity contribution < 1.29 is 27.5 Å². The summed E-state index contributed by atoms with van der Waals surface area (Å²) >= 11 is 0. The fourth-order valence-corrected chi connectivity index (χ4v) is 2.42. The number of rotatable bonds is 5. The second-order valence-electron chi connectivity index (χ2n) is 5.43. The van der Waals surface area contributed by atoms with Crippen LogP contribution in [0.2, 0.25) is 0 Å². The van der Waals surface area contributed by atoms with Crippen molar-refractivity contribution in [3.05, 3.63) is 29.3 Å². The molecule has 1 aliphatic rings. The SMILES string of the molecule is CCCCOC(=O)[C@H]1CNC(=O)N1c1ccc(C#N)c(C(F)(F)F)c1. The van der Waals surface area contributed by atoms with Crippen LogP contribution in [0.4, 0.5) is 23.7 Å². The van der Waals surface area contributed by atoms with Gasteiger partial charge in [0.1, 0.15) is 0 Å². The van der Waals surface area contributed by atoms with Crippen molar-refractivity contribution in [1.82, 2.24) is 5.32 Å². The average molecular weight is 355 g/mol. The Morgan fingerprint density at radius 1 is 1.48 bits per heavy atom. The van der Waals surface area contributed by atoms with Crippen LogP contribution in [0, 0.1) is 11.3 Å². The van der Waals surface area contributed by atoms with E-state index in [1.807, 2.05) is 6.92 Å². The van der Waals surface area contributed by atoms with Gasteiger partial charge in [0, 0.05) is 5.69 Å². The molecule has 2 amide bonds. The summed E-state index contributed by atoms with van der Waals surface area (Å²) < 4.78 is 44.4. The molecule has 9 heteroatoms. The second kappa shape index (κ2) is 7.42. The minimum atomic E-state index is -4.76. The largest absolute Gasteiger partial charge is 0.464 e. The zero-order valence-electron chi connectivity index (χ0n) is 13.4. The molecule has 1 atom stereocenters. The van der Waals surface area contributed by atoms with Crippen LogP contribution >= 0.6 is 0 Å². The Hall–Kier alpha value is -2.76. The summed E-state index contributed by atoms with van der Waals surface area (Å²) in [4.78, 5) is 25.0. The van der Waals surface area contributed by atoms with Gasteiger partial charge in [-0.15, -0.1) is 0 Å². The van der Waals surface area contributed by atoms with Crippen molar-refractivity contribution in [2.75, 3.05) is 18.1 Å². The first kappa shape index (κ1) is 18.6. The first-order chi connectivity index (χ1) is 11.8. The zero-order valence-corrected chi connectivity index (χ0v) is 13.4. The quantitative estimate of drug-likeness (QED) is 0.650. The maximum atomic E-state index is 13.1. The highest BCUT2D eigenvalue weighted by Crippen LogP contribution is 2.35. The third-order valence-electron chi connectivity index (χ3n) is 3.70. The first-order valence-electron chi connectivity index (χ1n) is 7.64. The van der Waals surface area contributed by atoms with Gasteiger partial charge in [-0.1, -0.05) is 13.3 Å². The van der Waals surface area contributed by atoms with E-state index in [2.05, 4.69) is 5.32 Å². The number of anilines is 1. The number of esters is 1. The Morgan fingerprint density at radius 3 is 2.80 bits per heavy atom. The summed E-state index contributed by atoms with van der Waals surface area (Å²) in [6.45, 7) is 2.02. The van der Waals surface area contributed by atoms with Crippen LogP contribution < -0.4 is 10.2 Å². The van der Waals surface area contributed by atoms with E-state index in [0.29, 0.717) is 12.5 Å². The number of carbonyl (C=O) groups excluding carboxylic acids is 2. The zero-order chi connectivity index (χ0) is 18.6. The van der Waals surface area contributed by atoms with E-state index < -0.39 is 35.3 Å². The summed E-state index contributed by atoms with van der Waals surface area (Å²) in [7, 11) is 0. The lowest BCUT2D eigenvalue weighted by molar-refractivity contribution is -0.144. The maximum absolute atomic E-state index is 13.1. The second-order valence-corrected chi connectivity index (χ2v) is 5.43. The molecule has 0 saturated carbocycles. The Labute approximate surface area is 142 Å². The molecule has 0 radical (unpaired) electrons. The first-order valence-corrected chi connectivity index (χ1v) is 7.64. The van der Waals surface area contributed by atoms with Crippen molar-refractivity contribution in [2.45, 2.75) is 32.0 Å². The molecule has 1 N–H and O–H groups in total. The number of nitriles is 1. The lowest BCUT2D eigenvalue weighted by atomic mass is 10.1. The van der Waals surface area contributed by atoms with Crippen molar-refractivity contribution in [1.29, 1.82) is 5.26 Å². The van der Waals surface area contributed by atoms with E-state index in [1.54, 1.807) is 0 Å². The molecule has 0 spiro atoms. The van der Waals surface area contributed by atoms with Crippen LogP contribution in [-0.2, 0) is 15.7 Å². The van der Waals surface area contributed by atoms with Gasteiger partial charge in [0.25, 0.3) is 0 Å². The molecular formula is C16H16F3N3O3. The number of nitrogens with zero attached hydrogens (tertiary/aromatic N) is 2. The highest BCUT2D eigenvalue weighted by molar-refractivity contribution is 6.01. The van der Waals surface area contributed by atoms with Gasteiger partial charge in [0.2, 0.25) is 0 Å². The molecule has 1 heterocycles. The van der Waals surface area contributed by atoms with E-state index in [4.69, 9.17) is 10.00 Å². The number of unbranched alkanes of at least 4 members (excludes halogenated alkanes) is 1. The van der Waals surface area contributed by atoms with E-state index in [-0.39, 0.29) is 18.8 Å². The average Bonchev–Trinajstić information content (AvgIpc) is 2.95. The topological polar surface area (TPSA) is 82.4 Å². The van der Waals surface area contributed by atoms with Crippen LogP contribution in [0.3, 0.4) is 0 Å². The van der Waals surface area contributed by atoms with Gasteiger partial charge in [-0.05, 0) is 24.6 Å². The Morgan fingerprint density at radius 2 is 2.20 bits per heavy atom. The third-order valence-corrected chi connectivity index (χ3v) is 3.70. The fraction of sp³-hybridized carbons (Fsp3) is 0.438. The lowest BCUT2D eigenvalue weighted by Crippen LogP contribution is -2.41. The normalized spacial score (nSPS) is 17.2. The molecule has 6 nitrogen and oxygen atoms in total. The third kappa shape index (κ3) is 4.02. The van der Waals surface area contributed by atoms with Gasteiger partial charge < -0.3 is 10.1 Å². The number of urea groups is 1. The van der Waals surface area contributed by atoms with E-state index in [0.717, 1.165) is 17.4 Å². The number of alkyl halides is 3. The predicted molar refractivity (Wildman–Crippen MR) is 81.7 cm³/mol. The number of hydrogen-bond donors (Lipinski definition) is 1. The Kier molecular flexibility index (Phi) is 5.51. The molecule has 1 aromatic rings. The molecule has 25 heavy (non-hydrogen) atoms. The molecule has 1 saturated heterocycles. The number of carbonyl (C=O) groups is 2. The number of benzene rings is 1. The molecule has 0 aliphatic carbocycles. The molecular weight excluding hydrogens is 339 g/mol. The number of nitrogens with one attached hydrogen (secondary N) is 1. The molecule has 1 aliphatic heterocycles. The number of ether oxygens (including phenoxy) is 1. The van der Waals surface area contributed by atoms with Crippen LogP contribution in [0.15, 0.2) is 18.2 Å². The number of amides is 2. The Balaban J connectivity index is 2.33. The van der Waals surface area contributed by atoms with Gasteiger partial charge >= 0.3 is 18.2 Å². The summed E-state index contributed by atoms with van der Waals surface area (Å²) in [6.07, 6.45) is -3.30. The van der Waals surface area contributed by atoms with Crippen LogP contribution in [-0.4, -0.2) is 31.2 Å². The molecule has 0 aromatic heterocycles. The van der Waals surface area contributed by atoms with Gasteiger partial charge in [0.05, 0.1) is 30.3 Å².